The summed E-state index contributed by atoms with van der Waals surface area (Å²) in [6.07, 6.45) is 3.77. The molecule has 8 nitrogen and oxygen atoms in total. The molecule has 4 heterocycles. The molecule has 0 bridgehead atoms. The van der Waals surface area contributed by atoms with Crippen molar-refractivity contribution in [2.75, 3.05) is 45.9 Å². The van der Waals surface area contributed by atoms with Gasteiger partial charge in [-0.15, -0.1) is 6.58 Å². The molecule has 0 spiro atoms. The summed E-state index contributed by atoms with van der Waals surface area (Å²) in [4.78, 5) is 44.0. The molecule has 0 aromatic carbocycles. The molecule has 0 aromatic rings. The summed E-state index contributed by atoms with van der Waals surface area (Å²) in [5.41, 5.74) is 0. The average molecular weight is 376 g/mol. The van der Waals surface area contributed by atoms with Crippen LogP contribution >= 0.6 is 0 Å². The summed E-state index contributed by atoms with van der Waals surface area (Å²) in [6, 6.07) is -0.971. The van der Waals surface area contributed by atoms with E-state index in [4.69, 9.17) is 4.74 Å². The lowest BCUT2D eigenvalue weighted by Gasteiger charge is -2.47. The predicted octanol–water partition coefficient (Wildman–Crippen LogP) is -0.789. The summed E-state index contributed by atoms with van der Waals surface area (Å²) in [7, 11) is 0. The van der Waals surface area contributed by atoms with E-state index in [9.17, 15) is 14.4 Å². The molecular weight excluding hydrogens is 348 g/mol. The van der Waals surface area contributed by atoms with Crippen molar-refractivity contribution in [1.29, 1.82) is 0 Å². The first-order valence-corrected chi connectivity index (χ1v) is 9.93. The predicted molar refractivity (Wildman–Crippen MR) is 97.7 cm³/mol. The number of piperidine rings is 1. The van der Waals surface area contributed by atoms with E-state index >= 15 is 0 Å². The molecule has 1 N–H and O–H groups in total. The average Bonchev–Trinajstić information content (AvgIpc) is 3.15. The Morgan fingerprint density at radius 3 is 2.59 bits per heavy atom. The summed E-state index contributed by atoms with van der Waals surface area (Å²) < 4.78 is 5.68. The molecule has 0 aliphatic carbocycles. The molecular formula is C19H28N4O4. The molecule has 4 fully saturated rings. The second-order valence-corrected chi connectivity index (χ2v) is 7.84. The van der Waals surface area contributed by atoms with Gasteiger partial charge in [-0.1, -0.05) is 6.08 Å². The molecule has 27 heavy (non-hydrogen) atoms. The number of carbonyl (C=O) groups excluding carboxylic acids is 3. The zero-order chi connectivity index (χ0) is 19.0. The second kappa shape index (κ2) is 7.59. The smallest absolute Gasteiger partial charge is 0.247 e. The maximum absolute atomic E-state index is 13.1. The summed E-state index contributed by atoms with van der Waals surface area (Å²) in [5.74, 6) is 0.112. The zero-order valence-corrected chi connectivity index (χ0v) is 15.6. The monoisotopic (exact) mass is 376 g/mol. The molecule has 0 aromatic heterocycles. The second-order valence-electron chi connectivity index (χ2n) is 7.84. The van der Waals surface area contributed by atoms with Gasteiger partial charge in [0.05, 0.1) is 19.3 Å². The van der Waals surface area contributed by atoms with E-state index in [1.165, 1.54) is 0 Å². The summed E-state index contributed by atoms with van der Waals surface area (Å²) >= 11 is 0. The van der Waals surface area contributed by atoms with Crippen LogP contribution in [-0.2, 0) is 19.1 Å². The lowest BCUT2D eigenvalue weighted by atomic mass is 9.95. The minimum absolute atomic E-state index is 0.00160. The van der Waals surface area contributed by atoms with Crippen LogP contribution in [0.4, 0.5) is 0 Å². The van der Waals surface area contributed by atoms with Gasteiger partial charge in [0.2, 0.25) is 17.7 Å². The Hall–Kier alpha value is -1.93. The normalized spacial score (nSPS) is 31.7. The third-order valence-electron chi connectivity index (χ3n) is 6.23. The number of fused-ring (bicyclic) bond motifs is 2. The number of nitrogens with one attached hydrogen (secondary N) is 1. The molecule has 0 radical (unpaired) electrons. The van der Waals surface area contributed by atoms with Crippen molar-refractivity contribution in [1.82, 2.24) is 20.0 Å². The quantitative estimate of drug-likeness (QED) is 0.651. The van der Waals surface area contributed by atoms with Gasteiger partial charge < -0.3 is 24.8 Å². The largest absolute Gasteiger partial charge is 0.372 e. The Bertz CT molecular complexity index is 633. The van der Waals surface area contributed by atoms with Gasteiger partial charge in [-0.3, -0.25) is 14.4 Å². The minimum Gasteiger partial charge on any atom is -0.372 e. The Balaban J connectivity index is 1.44. The topological polar surface area (TPSA) is 82.2 Å². The fourth-order valence-corrected chi connectivity index (χ4v) is 4.77. The van der Waals surface area contributed by atoms with E-state index in [2.05, 4.69) is 11.9 Å². The number of hydrogen-bond acceptors (Lipinski definition) is 5. The Kier molecular flexibility index (Phi) is 5.19. The first-order valence-electron chi connectivity index (χ1n) is 9.93. The lowest BCUT2D eigenvalue weighted by Crippen LogP contribution is -2.69. The van der Waals surface area contributed by atoms with Gasteiger partial charge >= 0.3 is 0 Å². The van der Waals surface area contributed by atoms with Crippen LogP contribution in [0, 0.1) is 5.92 Å². The summed E-state index contributed by atoms with van der Waals surface area (Å²) in [6.45, 7) is 7.49. The standard InChI is InChI=1S/C19H28N4O4/c1-2-9-27-14-10-15-18(25)22-8-7-21(12-16(22)19(26)23(15)11-14)17(24)13-3-5-20-6-4-13/h2,13-16,20H,1,3-12H2. The zero-order valence-electron chi connectivity index (χ0n) is 15.6. The minimum atomic E-state index is -0.550. The van der Waals surface area contributed by atoms with Gasteiger partial charge in [0.1, 0.15) is 12.1 Å². The number of carbonyl (C=O) groups is 3. The van der Waals surface area contributed by atoms with Crippen LogP contribution in [-0.4, -0.2) is 96.5 Å². The lowest BCUT2D eigenvalue weighted by molar-refractivity contribution is -0.165. The van der Waals surface area contributed by atoms with Crippen LogP contribution in [0.25, 0.3) is 0 Å². The molecule has 3 amide bonds. The van der Waals surface area contributed by atoms with Crippen molar-refractivity contribution in [2.45, 2.75) is 37.5 Å². The van der Waals surface area contributed by atoms with Crippen LogP contribution in [0.5, 0.6) is 0 Å². The number of rotatable bonds is 4. The first-order chi connectivity index (χ1) is 13.1. The third-order valence-corrected chi connectivity index (χ3v) is 6.23. The molecule has 4 aliphatic rings. The van der Waals surface area contributed by atoms with Crippen molar-refractivity contribution in [3.63, 3.8) is 0 Å². The number of amides is 3. The van der Waals surface area contributed by atoms with Gasteiger partial charge in [-0.2, -0.15) is 0 Å². The molecule has 3 atom stereocenters. The van der Waals surface area contributed by atoms with Crippen LogP contribution in [0.3, 0.4) is 0 Å². The van der Waals surface area contributed by atoms with Crippen LogP contribution in [0.1, 0.15) is 19.3 Å². The summed E-state index contributed by atoms with van der Waals surface area (Å²) in [5, 5.41) is 3.27. The maximum Gasteiger partial charge on any atom is 0.247 e. The van der Waals surface area contributed by atoms with Crippen molar-refractivity contribution < 1.29 is 19.1 Å². The molecule has 4 aliphatic heterocycles. The SMILES string of the molecule is C=CCOC1CC2C(=O)N3CCN(C(=O)C4CCNCC4)CC3C(=O)N2C1. The number of hydrogen-bond donors (Lipinski definition) is 1. The van der Waals surface area contributed by atoms with Gasteiger partial charge in [0.15, 0.2) is 0 Å². The Morgan fingerprint density at radius 1 is 1.11 bits per heavy atom. The molecule has 0 saturated carbocycles. The van der Waals surface area contributed by atoms with Crippen LogP contribution < -0.4 is 5.32 Å². The van der Waals surface area contributed by atoms with Gasteiger partial charge in [0.25, 0.3) is 0 Å². The fourth-order valence-electron chi connectivity index (χ4n) is 4.77. The molecule has 4 saturated heterocycles. The molecule has 8 heteroatoms. The highest BCUT2D eigenvalue weighted by Gasteiger charge is 2.52. The number of nitrogens with zero attached hydrogens (tertiary/aromatic N) is 3. The molecule has 148 valence electrons. The van der Waals surface area contributed by atoms with E-state index in [-0.39, 0.29) is 29.7 Å². The van der Waals surface area contributed by atoms with Gasteiger partial charge in [-0.25, -0.2) is 0 Å². The van der Waals surface area contributed by atoms with Crippen molar-refractivity contribution in [3.8, 4) is 0 Å². The van der Waals surface area contributed by atoms with Crippen molar-refractivity contribution in [3.05, 3.63) is 12.7 Å². The number of piperazine rings is 2. The van der Waals surface area contributed by atoms with E-state index in [0.717, 1.165) is 25.9 Å². The van der Waals surface area contributed by atoms with E-state index in [1.807, 2.05) is 0 Å². The van der Waals surface area contributed by atoms with E-state index in [1.54, 1.807) is 20.8 Å². The third kappa shape index (κ3) is 3.36. The van der Waals surface area contributed by atoms with Crippen LogP contribution in [0.2, 0.25) is 0 Å². The molecule has 4 rings (SSSR count). The van der Waals surface area contributed by atoms with E-state index < -0.39 is 12.1 Å². The highest BCUT2D eigenvalue weighted by atomic mass is 16.5. The van der Waals surface area contributed by atoms with Crippen LogP contribution in [0.15, 0.2) is 12.7 Å². The van der Waals surface area contributed by atoms with Crippen molar-refractivity contribution >= 4 is 17.7 Å². The van der Waals surface area contributed by atoms with Gasteiger partial charge in [0, 0.05) is 32.0 Å². The van der Waals surface area contributed by atoms with E-state index in [0.29, 0.717) is 39.2 Å². The van der Waals surface area contributed by atoms with Gasteiger partial charge in [-0.05, 0) is 25.9 Å². The maximum atomic E-state index is 13.1. The Labute approximate surface area is 159 Å². The highest BCUT2D eigenvalue weighted by molar-refractivity contribution is 5.98. The Morgan fingerprint density at radius 2 is 1.85 bits per heavy atom. The number of ether oxygens (including phenoxy) is 1. The van der Waals surface area contributed by atoms with Crippen molar-refractivity contribution in [2.24, 2.45) is 5.92 Å². The fraction of sp³-hybridized carbons (Fsp3) is 0.737. The highest BCUT2D eigenvalue weighted by Crippen LogP contribution is 2.31. The first kappa shape index (κ1) is 18.4. The molecule has 3 unspecified atom stereocenters.